The second-order valence-corrected chi connectivity index (χ2v) is 7.58. The number of methoxy groups -OCH3 is 1. The molecule has 148 valence electrons. The van der Waals surface area contributed by atoms with E-state index in [-0.39, 0.29) is 12.5 Å². The summed E-state index contributed by atoms with van der Waals surface area (Å²) in [5.41, 5.74) is 2.69. The first-order valence-corrected chi connectivity index (χ1v) is 9.84. The third kappa shape index (κ3) is 4.22. The van der Waals surface area contributed by atoms with Crippen molar-refractivity contribution in [2.24, 2.45) is 0 Å². The summed E-state index contributed by atoms with van der Waals surface area (Å²) in [6.45, 7) is 3.75. The molecule has 0 saturated heterocycles. The Morgan fingerprint density at radius 3 is 2.79 bits per heavy atom. The highest BCUT2D eigenvalue weighted by atomic mass is 32.1. The Morgan fingerprint density at radius 2 is 2.00 bits per heavy atom. The monoisotopic (exact) mass is 408 g/mol. The molecule has 0 atom stereocenters. The van der Waals surface area contributed by atoms with Crippen LogP contribution in [0.2, 0.25) is 0 Å². The lowest BCUT2D eigenvalue weighted by atomic mass is 10.2. The number of rotatable bonds is 6. The van der Waals surface area contributed by atoms with Crippen LogP contribution in [0.15, 0.2) is 48.5 Å². The number of benzene rings is 2. The Hall–Kier alpha value is -3.39. The molecular weight excluding hydrogens is 388 g/mol. The van der Waals surface area contributed by atoms with Crippen molar-refractivity contribution in [1.82, 2.24) is 14.8 Å². The van der Waals surface area contributed by atoms with Crippen molar-refractivity contribution in [2.45, 2.75) is 13.8 Å². The fraction of sp³-hybridized carbons (Fsp3) is 0.190. The summed E-state index contributed by atoms with van der Waals surface area (Å²) in [4.78, 5) is 17.0. The number of thiazole rings is 1. The Balaban J connectivity index is 1.53. The van der Waals surface area contributed by atoms with Crippen LogP contribution in [-0.2, 0) is 4.79 Å². The van der Waals surface area contributed by atoms with Gasteiger partial charge in [-0.05, 0) is 49.7 Å². The summed E-state index contributed by atoms with van der Waals surface area (Å²) >= 11 is 1.47. The van der Waals surface area contributed by atoms with E-state index in [9.17, 15) is 4.79 Å². The van der Waals surface area contributed by atoms with Crippen molar-refractivity contribution in [3.05, 3.63) is 59.8 Å². The molecule has 0 radical (unpaired) electrons. The van der Waals surface area contributed by atoms with Gasteiger partial charge in [0.15, 0.2) is 6.61 Å². The molecule has 2 heterocycles. The zero-order valence-corrected chi connectivity index (χ0v) is 17.1. The van der Waals surface area contributed by atoms with Crippen LogP contribution in [0.25, 0.3) is 15.3 Å². The lowest BCUT2D eigenvalue weighted by molar-refractivity contribution is -0.118. The van der Waals surface area contributed by atoms with Crippen molar-refractivity contribution in [2.75, 3.05) is 19.0 Å². The van der Waals surface area contributed by atoms with Gasteiger partial charge in [-0.3, -0.25) is 4.79 Å². The molecule has 0 unspecified atom stereocenters. The Bertz CT molecular complexity index is 1180. The standard InChI is InChI=1S/C21H20N4O3S/c1-13-5-4-6-16(9-13)28-12-20(26)23-19-10-14(2)24-25(19)21-22-17-8-7-15(27-3)11-18(17)29-21/h4-11H,12H2,1-3H3,(H,23,26). The number of amides is 1. The molecule has 2 aromatic carbocycles. The van der Waals surface area contributed by atoms with Gasteiger partial charge >= 0.3 is 0 Å². The topological polar surface area (TPSA) is 78.3 Å². The van der Waals surface area contributed by atoms with Crippen molar-refractivity contribution in [3.63, 3.8) is 0 Å². The quantitative estimate of drug-likeness (QED) is 0.519. The van der Waals surface area contributed by atoms with E-state index in [0.717, 1.165) is 27.2 Å². The molecular formula is C21H20N4O3S. The summed E-state index contributed by atoms with van der Waals surface area (Å²) in [7, 11) is 1.63. The number of fused-ring (bicyclic) bond motifs is 1. The molecule has 8 heteroatoms. The molecule has 0 aliphatic heterocycles. The van der Waals surface area contributed by atoms with Crippen LogP contribution in [0.1, 0.15) is 11.3 Å². The molecule has 7 nitrogen and oxygen atoms in total. The van der Waals surface area contributed by atoms with Crippen molar-refractivity contribution < 1.29 is 14.3 Å². The van der Waals surface area contributed by atoms with Gasteiger partial charge in [0.2, 0.25) is 5.13 Å². The number of aromatic nitrogens is 3. The van der Waals surface area contributed by atoms with Crippen molar-refractivity contribution in [1.29, 1.82) is 0 Å². The van der Waals surface area contributed by atoms with Crippen LogP contribution >= 0.6 is 11.3 Å². The third-order valence-corrected chi connectivity index (χ3v) is 5.22. The number of hydrogen-bond donors (Lipinski definition) is 1. The number of hydrogen-bond acceptors (Lipinski definition) is 6. The number of anilines is 1. The minimum atomic E-state index is -0.268. The zero-order chi connectivity index (χ0) is 20.4. The fourth-order valence-electron chi connectivity index (χ4n) is 2.88. The molecule has 0 aliphatic carbocycles. The highest BCUT2D eigenvalue weighted by molar-refractivity contribution is 7.20. The smallest absolute Gasteiger partial charge is 0.263 e. The normalized spacial score (nSPS) is 10.9. The summed E-state index contributed by atoms with van der Waals surface area (Å²) in [5, 5.41) is 8.00. The highest BCUT2D eigenvalue weighted by Crippen LogP contribution is 2.30. The average Bonchev–Trinajstić information content (AvgIpc) is 3.28. The van der Waals surface area contributed by atoms with Gasteiger partial charge in [0.25, 0.3) is 5.91 Å². The van der Waals surface area contributed by atoms with Gasteiger partial charge in [0.1, 0.15) is 17.3 Å². The van der Waals surface area contributed by atoms with Gasteiger partial charge in [0, 0.05) is 6.07 Å². The van der Waals surface area contributed by atoms with Gasteiger partial charge in [-0.15, -0.1) is 0 Å². The number of nitrogens with zero attached hydrogens (tertiary/aromatic N) is 3. The molecule has 4 aromatic rings. The second-order valence-electron chi connectivity index (χ2n) is 6.57. The van der Waals surface area contributed by atoms with E-state index in [1.165, 1.54) is 11.3 Å². The fourth-order valence-corrected chi connectivity index (χ4v) is 3.84. The van der Waals surface area contributed by atoms with Gasteiger partial charge < -0.3 is 14.8 Å². The first kappa shape index (κ1) is 18.9. The lowest BCUT2D eigenvalue weighted by Gasteiger charge is -2.08. The molecule has 0 saturated carbocycles. The van der Waals surface area contributed by atoms with Crippen molar-refractivity contribution >= 4 is 33.3 Å². The number of carbonyl (C=O) groups is 1. The molecule has 0 fully saturated rings. The predicted octanol–water partition coefficient (Wildman–Crippen LogP) is 4.12. The SMILES string of the molecule is COc1ccc2nc(-n3nc(C)cc3NC(=O)COc3cccc(C)c3)sc2c1. The van der Waals surface area contributed by atoms with Crippen LogP contribution in [0.3, 0.4) is 0 Å². The maximum Gasteiger partial charge on any atom is 0.263 e. The number of ether oxygens (including phenoxy) is 2. The first-order valence-electron chi connectivity index (χ1n) is 9.03. The predicted molar refractivity (Wildman–Crippen MR) is 113 cm³/mol. The molecule has 29 heavy (non-hydrogen) atoms. The molecule has 1 amide bonds. The van der Waals surface area contributed by atoms with Crippen LogP contribution in [0.5, 0.6) is 11.5 Å². The van der Waals surface area contributed by atoms with Crippen molar-refractivity contribution in [3.8, 4) is 16.6 Å². The third-order valence-electron chi connectivity index (χ3n) is 4.22. The summed E-state index contributed by atoms with van der Waals surface area (Å²) in [6.07, 6.45) is 0. The maximum atomic E-state index is 12.4. The van der Waals surface area contributed by atoms with E-state index >= 15 is 0 Å². The molecule has 0 aliphatic rings. The van der Waals surface area contributed by atoms with E-state index in [4.69, 9.17) is 9.47 Å². The molecule has 4 rings (SSSR count). The molecule has 0 bridgehead atoms. The second kappa shape index (κ2) is 7.92. The molecule has 0 spiro atoms. The van der Waals surface area contributed by atoms with Gasteiger partial charge in [-0.2, -0.15) is 9.78 Å². The minimum absolute atomic E-state index is 0.0925. The number of aryl methyl sites for hydroxylation is 2. The Morgan fingerprint density at radius 1 is 1.14 bits per heavy atom. The van der Waals surface area contributed by atoms with Gasteiger partial charge in [-0.25, -0.2) is 4.98 Å². The van der Waals surface area contributed by atoms with E-state index in [1.807, 2.05) is 56.3 Å². The summed E-state index contributed by atoms with van der Waals surface area (Å²) in [5.74, 6) is 1.71. The first-order chi connectivity index (χ1) is 14.0. The highest BCUT2D eigenvalue weighted by Gasteiger charge is 2.15. The van der Waals surface area contributed by atoms with E-state index in [0.29, 0.717) is 16.7 Å². The van der Waals surface area contributed by atoms with E-state index in [1.54, 1.807) is 17.9 Å². The van der Waals surface area contributed by atoms with Crippen LogP contribution in [0.4, 0.5) is 5.82 Å². The Kier molecular flexibility index (Phi) is 5.18. The van der Waals surface area contributed by atoms with E-state index in [2.05, 4.69) is 15.4 Å². The zero-order valence-electron chi connectivity index (χ0n) is 16.3. The lowest BCUT2D eigenvalue weighted by Crippen LogP contribution is -2.21. The van der Waals surface area contributed by atoms with Gasteiger partial charge in [0.05, 0.1) is 23.0 Å². The van der Waals surface area contributed by atoms with E-state index < -0.39 is 0 Å². The van der Waals surface area contributed by atoms with Crippen LogP contribution in [0, 0.1) is 13.8 Å². The van der Waals surface area contributed by atoms with Gasteiger partial charge in [-0.1, -0.05) is 23.5 Å². The summed E-state index contributed by atoms with van der Waals surface area (Å²) in [6, 6.07) is 15.1. The number of nitrogens with one attached hydrogen (secondary N) is 1. The largest absolute Gasteiger partial charge is 0.497 e. The number of carbonyl (C=O) groups excluding carboxylic acids is 1. The molecule has 2 aromatic heterocycles. The molecule has 1 N–H and O–H groups in total. The minimum Gasteiger partial charge on any atom is -0.497 e. The Labute approximate surface area is 171 Å². The maximum absolute atomic E-state index is 12.4. The van der Waals surface area contributed by atoms with Crippen LogP contribution in [-0.4, -0.2) is 34.4 Å². The van der Waals surface area contributed by atoms with Crippen LogP contribution < -0.4 is 14.8 Å². The summed E-state index contributed by atoms with van der Waals surface area (Å²) < 4.78 is 13.5. The average molecular weight is 408 g/mol.